The third kappa shape index (κ3) is 3.84. The topological polar surface area (TPSA) is 77.7 Å². The average molecular weight is 309 g/mol. The van der Waals surface area contributed by atoms with Gasteiger partial charge in [-0.3, -0.25) is 4.79 Å². The number of aryl methyl sites for hydroxylation is 1. The highest BCUT2D eigenvalue weighted by Gasteiger charge is 2.27. The maximum Gasteiger partial charge on any atom is 0.248 e. The van der Waals surface area contributed by atoms with Gasteiger partial charge in [-0.1, -0.05) is 5.16 Å². The molecule has 7 heteroatoms. The van der Waals surface area contributed by atoms with E-state index in [1.807, 2.05) is 4.90 Å². The summed E-state index contributed by atoms with van der Waals surface area (Å²) in [7, 11) is 0. The molecule has 2 aliphatic heterocycles. The summed E-state index contributed by atoms with van der Waals surface area (Å²) in [5.74, 6) is 1.70. The predicted molar refractivity (Wildman–Crippen MR) is 77.4 cm³/mol. The van der Waals surface area contributed by atoms with Gasteiger partial charge in [0.15, 0.2) is 5.82 Å². The first-order valence-electron chi connectivity index (χ1n) is 7.99. The van der Waals surface area contributed by atoms with E-state index in [1.165, 1.54) is 0 Å². The Hall–Kier alpha value is -1.47. The summed E-state index contributed by atoms with van der Waals surface area (Å²) in [6.45, 7) is 4.71. The molecule has 1 aromatic rings. The predicted octanol–water partition coefficient (Wildman–Crippen LogP) is 1.28. The van der Waals surface area contributed by atoms with Gasteiger partial charge in [0.25, 0.3) is 0 Å². The van der Waals surface area contributed by atoms with Crippen molar-refractivity contribution in [1.29, 1.82) is 0 Å². The number of aromatic nitrogens is 2. The third-order valence-electron chi connectivity index (χ3n) is 4.31. The first-order valence-corrected chi connectivity index (χ1v) is 7.99. The lowest BCUT2D eigenvalue weighted by atomic mass is 9.96. The van der Waals surface area contributed by atoms with Crippen LogP contribution < -0.4 is 0 Å². The van der Waals surface area contributed by atoms with Crippen LogP contribution in [-0.4, -0.2) is 60.0 Å². The maximum atomic E-state index is 12.1. The first kappa shape index (κ1) is 15.4. The molecule has 0 saturated carbocycles. The van der Waals surface area contributed by atoms with E-state index in [4.69, 9.17) is 14.0 Å². The summed E-state index contributed by atoms with van der Waals surface area (Å²) in [4.78, 5) is 18.3. The molecule has 0 spiro atoms. The summed E-state index contributed by atoms with van der Waals surface area (Å²) in [5, 5.41) is 3.97. The van der Waals surface area contributed by atoms with Crippen LogP contribution in [0.4, 0.5) is 0 Å². The van der Waals surface area contributed by atoms with Crippen molar-refractivity contribution >= 4 is 5.91 Å². The number of amides is 1. The molecule has 0 aromatic carbocycles. The zero-order chi connectivity index (χ0) is 15.4. The molecular formula is C15H23N3O4. The van der Waals surface area contributed by atoms with Crippen LogP contribution in [0.3, 0.4) is 0 Å². The SMILES string of the molecule is Cc1nc(C2CCN(C(=O)COC[C@H]3CCCO3)CC2)no1. The molecule has 122 valence electrons. The van der Waals surface area contributed by atoms with Gasteiger partial charge in [-0.25, -0.2) is 0 Å². The summed E-state index contributed by atoms with van der Waals surface area (Å²) in [5.41, 5.74) is 0. The van der Waals surface area contributed by atoms with Crippen LogP contribution in [0, 0.1) is 6.92 Å². The summed E-state index contributed by atoms with van der Waals surface area (Å²) >= 11 is 0. The summed E-state index contributed by atoms with van der Waals surface area (Å²) < 4.78 is 16.0. The molecule has 0 bridgehead atoms. The highest BCUT2D eigenvalue weighted by atomic mass is 16.5. The third-order valence-corrected chi connectivity index (χ3v) is 4.31. The van der Waals surface area contributed by atoms with Gasteiger partial charge in [-0.15, -0.1) is 0 Å². The molecule has 0 radical (unpaired) electrons. The monoisotopic (exact) mass is 309 g/mol. The second kappa shape index (κ2) is 7.19. The molecule has 3 heterocycles. The Morgan fingerprint density at radius 3 is 2.82 bits per heavy atom. The van der Waals surface area contributed by atoms with Gasteiger partial charge < -0.3 is 18.9 Å². The molecule has 0 N–H and O–H groups in total. The van der Waals surface area contributed by atoms with Crippen molar-refractivity contribution in [3.8, 4) is 0 Å². The molecule has 22 heavy (non-hydrogen) atoms. The van der Waals surface area contributed by atoms with E-state index in [1.54, 1.807) is 6.92 Å². The van der Waals surface area contributed by atoms with Gasteiger partial charge in [-0.05, 0) is 25.7 Å². The molecule has 1 amide bonds. The van der Waals surface area contributed by atoms with Gasteiger partial charge in [0.05, 0.1) is 12.7 Å². The standard InChI is InChI=1S/C15H23N3O4/c1-11-16-15(17-22-11)12-4-6-18(7-5-12)14(19)10-20-9-13-3-2-8-21-13/h12-13H,2-10H2,1H3/t13-/m1/s1. The van der Waals surface area contributed by atoms with Crippen LogP contribution in [-0.2, 0) is 14.3 Å². The van der Waals surface area contributed by atoms with E-state index < -0.39 is 0 Å². The minimum Gasteiger partial charge on any atom is -0.376 e. The van der Waals surface area contributed by atoms with Crippen molar-refractivity contribution in [2.24, 2.45) is 0 Å². The van der Waals surface area contributed by atoms with Crippen LogP contribution in [0.5, 0.6) is 0 Å². The van der Waals surface area contributed by atoms with Crippen LogP contribution in [0.15, 0.2) is 4.52 Å². The molecular weight excluding hydrogens is 286 g/mol. The highest BCUT2D eigenvalue weighted by Crippen LogP contribution is 2.25. The molecule has 2 aliphatic rings. The van der Waals surface area contributed by atoms with E-state index >= 15 is 0 Å². The lowest BCUT2D eigenvalue weighted by Gasteiger charge is -2.30. The van der Waals surface area contributed by atoms with Crippen LogP contribution in [0.2, 0.25) is 0 Å². The lowest BCUT2D eigenvalue weighted by molar-refractivity contribution is -0.138. The van der Waals surface area contributed by atoms with Crippen LogP contribution >= 0.6 is 0 Å². The number of carbonyl (C=O) groups is 1. The molecule has 7 nitrogen and oxygen atoms in total. The number of rotatable bonds is 5. The molecule has 2 saturated heterocycles. The smallest absolute Gasteiger partial charge is 0.248 e. The Morgan fingerprint density at radius 1 is 1.36 bits per heavy atom. The zero-order valence-corrected chi connectivity index (χ0v) is 13.0. The molecule has 1 aromatic heterocycles. The molecule has 3 rings (SSSR count). The van der Waals surface area contributed by atoms with Crippen LogP contribution in [0.1, 0.15) is 43.3 Å². The number of likely N-dealkylation sites (tertiary alicyclic amines) is 1. The normalized spacial score (nSPS) is 23.1. The number of hydrogen-bond donors (Lipinski definition) is 0. The van der Waals surface area contributed by atoms with Crippen LogP contribution in [0.25, 0.3) is 0 Å². The van der Waals surface area contributed by atoms with Gasteiger partial charge in [0.1, 0.15) is 6.61 Å². The Labute approximate surface area is 129 Å². The second-order valence-electron chi connectivity index (χ2n) is 5.98. The fraction of sp³-hybridized carbons (Fsp3) is 0.800. The number of piperidine rings is 1. The van der Waals surface area contributed by atoms with E-state index in [9.17, 15) is 4.79 Å². The van der Waals surface area contributed by atoms with Crippen molar-refractivity contribution in [1.82, 2.24) is 15.0 Å². The number of nitrogens with zero attached hydrogens (tertiary/aromatic N) is 3. The lowest BCUT2D eigenvalue weighted by Crippen LogP contribution is -2.40. The average Bonchev–Trinajstić information content (AvgIpc) is 3.19. The highest BCUT2D eigenvalue weighted by molar-refractivity contribution is 5.77. The Bertz CT molecular complexity index is 491. The molecule has 0 unspecified atom stereocenters. The largest absolute Gasteiger partial charge is 0.376 e. The minimum absolute atomic E-state index is 0.0562. The van der Waals surface area contributed by atoms with E-state index in [0.717, 1.165) is 51.2 Å². The zero-order valence-electron chi connectivity index (χ0n) is 13.0. The van der Waals surface area contributed by atoms with Crippen molar-refractivity contribution in [3.63, 3.8) is 0 Å². The summed E-state index contributed by atoms with van der Waals surface area (Å²) in [6, 6.07) is 0. The fourth-order valence-electron chi connectivity index (χ4n) is 3.01. The Morgan fingerprint density at radius 2 is 2.18 bits per heavy atom. The first-order chi connectivity index (χ1) is 10.7. The minimum atomic E-state index is 0.0562. The number of hydrogen-bond acceptors (Lipinski definition) is 6. The summed E-state index contributed by atoms with van der Waals surface area (Å²) in [6.07, 6.45) is 4.03. The van der Waals surface area contributed by atoms with Gasteiger partial charge in [0.2, 0.25) is 11.8 Å². The Kier molecular flexibility index (Phi) is 5.04. The quantitative estimate of drug-likeness (QED) is 0.815. The van der Waals surface area contributed by atoms with Gasteiger partial charge in [-0.2, -0.15) is 4.98 Å². The molecule has 0 aliphatic carbocycles. The van der Waals surface area contributed by atoms with Crippen molar-refractivity contribution in [2.75, 3.05) is 32.9 Å². The van der Waals surface area contributed by atoms with Crippen molar-refractivity contribution in [3.05, 3.63) is 11.7 Å². The number of ether oxygens (including phenoxy) is 2. The Balaban J connectivity index is 1.38. The fourth-order valence-corrected chi connectivity index (χ4v) is 3.01. The number of carbonyl (C=O) groups excluding carboxylic acids is 1. The van der Waals surface area contributed by atoms with Gasteiger partial charge in [0, 0.05) is 32.5 Å². The van der Waals surface area contributed by atoms with E-state index in [-0.39, 0.29) is 24.5 Å². The van der Waals surface area contributed by atoms with Crippen molar-refractivity contribution < 1.29 is 18.8 Å². The van der Waals surface area contributed by atoms with Crippen molar-refractivity contribution in [2.45, 2.75) is 44.6 Å². The van der Waals surface area contributed by atoms with E-state index in [2.05, 4.69) is 10.1 Å². The van der Waals surface area contributed by atoms with Gasteiger partial charge >= 0.3 is 0 Å². The maximum absolute atomic E-state index is 12.1. The van der Waals surface area contributed by atoms with E-state index in [0.29, 0.717) is 12.5 Å². The molecule has 2 fully saturated rings. The molecule has 1 atom stereocenters. The second-order valence-corrected chi connectivity index (χ2v) is 5.98.